The number of fused-ring (bicyclic) bond motifs is 1. The molecule has 0 N–H and O–H groups in total. The predicted octanol–water partition coefficient (Wildman–Crippen LogP) is 5.40. The number of carbonyl (C=O) groups is 2. The van der Waals surface area contributed by atoms with Crippen LogP contribution in [-0.2, 0) is 29.0 Å². The first-order chi connectivity index (χ1) is 15.1. The molecule has 0 unspecified atom stereocenters. The maximum absolute atomic E-state index is 12.5. The SMILES string of the molecule is COc1ccccc1-c1nc(COC(=O)CCC(=O)c2ccc3c(c2)CCCC3)cs1. The molecule has 5 nitrogen and oxygen atoms in total. The number of aromatic nitrogens is 1. The lowest BCUT2D eigenvalue weighted by Crippen LogP contribution is -2.10. The molecule has 0 aliphatic heterocycles. The Morgan fingerprint density at radius 1 is 1.03 bits per heavy atom. The van der Waals surface area contributed by atoms with E-state index in [4.69, 9.17) is 9.47 Å². The molecule has 0 amide bonds. The lowest BCUT2D eigenvalue weighted by molar-refractivity contribution is -0.145. The van der Waals surface area contributed by atoms with Crippen LogP contribution in [-0.4, -0.2) is 23.8 Å². The molecule has 1 aliphatic rings. The highest BCUT2D eigenvalue weighted by molar-refractivity contribution is 7.13. The normalized spacial score (nSPS) is 12.8. The van der Waals surface area contributed by atoms with Crippen LogP contribution in [0.4, 0.5) is 0 Å². The summed E-state index contributed by atoms with van der Waals surface area (Å²) in [6.07, 6.45) is 4.73. The van der Waals surface area contributed by atoms with Gasteiger partial charge in [0.15, 0.2) is 5.78 Å². The second-order valence-electron chi connectivity index (χ2n) is 7.62. The van der Waals surface area contributed by atoms with Crippen molar-refractivity contribution < 1.29 is 19.1 Å². The van der Waals surface area contributed by atoms with E-state index >= 15 is 0 Å². The van der Waals surface area contributed by atoms with Gasteiger partial charge < -0.3 is 9.47 Å². The van der Waals surface area contributed by atoms with Crippen molar-refractivity contribution in [1.29, 1.82) is 0 Å². The van der Waals surface area contributed by atoms with Crippen LogP contribution in [0.25, 0.3) is 10.6 Å². The van der Waals surface area contributed by atoms with E-state index in [9.17, 15) is 9.59 Å². The number of carbonyl (C=O) groups excluding carboxylic acids is 2. The number of benzene rings is 2. The van der Waals surface area contributed by atoms with Crippen molar-refractivity contribution in [3.05, 3.63) is 70.2 Å². The Balaban J connectivity index is 1.28. The van der Waals surface area contributed by atoms with Crippen LogP contribution in [0.3, 0.4) is 0 Å². The summed E-state index contributed by atoms with van der Waals surface area (Å²) in [6, 6.07) is 13.6. The van der Waals surface area contributed by atoms with Crippen molar-refractivity contribution in [3.8, 4) is 16.3 Å². The molecule has 1 aliphatic carbocycles. The summed E-state index contributed by atoms with van der Waals surface area (Å²) in [6.45, 7) is 0.0948. The highest BCUT2D eigenvalue weighted by Gasteiger charge is 2.15. The number of Topliss-reactive ketones (excluding diaryl/α,β-unsaturated/α-hetero) is 1. The van der Waals surface area contributed by atoms with E-state index in [2.05, 4.69) is 11.1 Å². The first kappa shape index (κ1) is 21.2. The number of methoxy groups -OCH3 is 1. The molecule has 4 rings (SSSR count). The Hall–Kier alpha value is -2.99. The number of aryl methyl sites for hydroxylation is 2. The van der Waals surface area contributed by atoms with Gasteiger partial charge in [0.25, 0.3) is 0 Å². The number of nitrogens with zero attached hydrogens (tertiary/aromatic N) is 1. The summed E-state index contributed by atoms with van der Waals surface area (Å²) in [7, 11) is 1.63. The molecular formula is C25H25NO4S. The average molecular weight is 436 g/mol. The van der Waals surface area contributed by atoms with Crippen molar-refractivity contribution in [3.63, 3.8) is 0 Å². The van der Waals surface area contributed by atoms with E-state index in [-0.39, 0.29) is 25.2 Å². The van der Waals surface area contributed by atoms with Crippen LogP contribution in [0.2, 0.25) is 0 Å². The van der Waals surface area contributed by atoms with E-state index in [0.29, 0.717) is 11.3 Å². The van der Waals surface area contributed by atoms with Crippen LogP contribution in [0.5, 0.6) is 5.75 Å². The fourth-order valence-electron chi connectivity index (χ4n) is 3.81. The van der Waals surface area contributed by atoms with Crippen LogP contribution in [0, 0.1) is 0 Å². The Kier molecular flexibility index (Phi) is 6.77. The Morgan fingerprint density at radius 2 is 1.84 bits per heavy atom. The molecule has 31 heavy (non-hydrogen) atoms. The second-order valence-corrected chi connectivity index (χ2v) is 8.48. The average Bonchev–Trinajstić information content (AvgIpc) is 3.29. The first-order valence-electron chi connectivity index (χ1n) is 10.5. The number of hydrogen-bond acceptors (Lipinski definition) is 6. The topological polar surface area (TPSA) is 65.5 Å². The van der Waals surface area contributed by atoms with Gasteiger partial charge in [0, 0.05) is 17.4 Å². The lowest BCUT2D eigenvalue weighted by Gasteiger charge is -2.16. The number of rotatable bonds is 8. The van der Waals surface area contributed by atoms with E-state index in [1.54, 1.807) is 7.11 Å². The van der Waals surface area contributed by atoms with Gasteiger partial charge in [-0.05, 0) is 55.0 Å². The number of hydrogen-bond donors (Lipinski definition) is 0. The van der Waals surface area contributed by atoms with Gasteiger partial charge in [-0.3, -0.25) is 9.59 Å². The molecule has 1 heterocycles. The fraction of sp³-hybridized carbons (Fsp3) is 0.320. The van der Waals surface area contributed by atoms with Crippen molar-refractivity contribution in [2.45, 2.75) is 45.1 Å². The lowest BCUT2D eigenvalue weighted by atomic mass is 9.89. The standard InChI is InChI=1S/C25H25NO4S/c1-29-23-9-5-4-8-21(23)25-26-20(16-31-25)15-30-24(28)13-12-22(27)19-11-10-17-6-2-3-7-18(17)14-19/h4-5,8-11,14,16H,2-3,6-7,12-13,15H2,1H3. The summed E-state index contributed by atoms with van der Waals surface area (Å²) in [5.74, 6) is 0.344. The van der Waals surface area contributed by atoms with Gasteiger partial charge in [0.05, 0.1) is 24.8 Å². The monoisotopic (exact) mass is 435 g/mol. The molecule has 0 spiro atoms. The number of para-hydroxylation sites is 1. The molecule has 0 atom stereocenters. The molecule has 1 aromatic heterocycles. The van der Waals surface area contributed by atoms with Crippen molar-refractivity contribution >= 4 is 23.1 Å². The third-order valence-electron chi connectivity index (χ3n) is 5.50. The van der Waals surface area contributed by atoms with Gasteiger partial charge in [0.1, 0.15) is 17.4 Å². The molecule has 0 bridgehead atoms. The zero-order chi connectivity index (χ0) is 21.6. The largest absolute Gasteiger partial charge is 0.496 e. The van der Waals surface area contributed by atoms with E-state index in [0.717, 1.165) is 29.2 Å². The molecule has 3 aromatic rings. The summed E-state index contributed by atoms with van der Waals surface area (Å²) in [5.41, 5.74) is 4.89. The van der Waals surface area contributed by atoms with E-state index < -0.39 is 5.97 Å². The molecule has 0 fully saturated rings. The maximum Gasteiger partial charge on any atom is 0.306 e. The number of thiazole rings is 1. The zero-order valence-electron chi connectivity index (χ0n) is 17.6. The molecule has 0 saturated carbocycles. The summed E-state index contributed by atoms with van der Waals surface area (Å²) < 4.78 is 10.7. The van der Waals surface area contributed by atoms with Gasteiger partial charge in [-0.1, -0.05) is 24.3 Å². The third kappa shape index (κ3) is 5.20. The van der Waals surface area contributed by atoms with E-state index in [1.165, 1.54) is 35.3 Å². The van der Waals surface area contributed by atoms with Gasteiger partial charge >= 0.3 is 5.97 Å². The smallest absolute Gasteiger partial charge is 0.306 e. The molecule has 0 radical (unpaired) electrons. The third-order valence-corrected chi connectivity index (χ3v) is 6.42. The minimum atomic E-state index is -0.391. The van der Waals surface area contributed by atoms with Crippen LogP contribution in [0.1, 0.15) is 52.9 Å². The number of ether oxygens (including phenoxy) is 2. The van der Waals surface area contributed by atoms with Crippen molar-refractivity contribution in [2.24, 2.45) is 0 Å². The summed E-state index contributed by atoms with van der Waals surface area (Å²) in [5, 5.41) is 2.68. The highest BCUT2D eigenvalue weighted by atomic mass is 32.1. The predicted molar refractivity (Wildman–Crippen MR) is 121 cm³/mol. The van der Waals surface area contributed by atoms with Crippen molar-refractivity contribution in [2.75, 3.05) is 7.11 Å². The Bertz CT molecular complexity index is 1090. The fourth-order valence-corrected chi connectivity index (χ4v) is 4.65. The number of ketones is 1. The van der Waals surface area contributed by atoms with Crippen LogP contribution >= 0.6 is 11.3 Å². The molecule has 160 valence electrons. The molecular weight excluding hydrogens is 410 g/mol. The van der Waals surface area contributed by atoms with Gasteiger partial charge in [-0.2, -0.15) is 0 Å². The first-order valence-corrected chi connectivity index (χ1v) is 11.4. The summed E-state index contributed by atoms with van der Waals surface area (Å²) in [4.78, 5) is 29.2. The molecule has 6 heteroatoms. The van der Waals surface area contributed by atoms with Gasteiger partial charge in [-0.25, -0.2) is 4.98 Å². The summed E-state index contributed by atoms with van der Waals surface area (Å²) >= 11 is 1.47. The Labute approximate surface area is 186 Å². The van der Waals surface area contributed by atoms with Crippen LogP contribution in [0.15, 0.2) is 47.8 Å². The maximum atomic E-state index is 12.5. The van der Waals surface area contributed by atoms with Crippen LogP contribution < -0.4 is 4.74 Å². The number of esters is 1. The van der Waals surface area contributed by atoms with Gasteiger partial charge in [0.2, 0.25) is 0 Å². The van der Waals surface area contributed by atoms with Crippen molar-refractivity contribution in [1.82, 2.24) is 4.98 Å². The minimum Gasteiger partial charge on any atom is -0.496 e. The second kappa shape index (κ2) is 9.88. The van der Waals surface area contributed by atoms with Gasteiger partial charge in [-0.15, -0.1) is 11.3 Å². The quantitative estimate of drug-likeness (QED) is 0.350. The van der Waals surface area contributed by atoms with E-state index in [1.807, 2.05) is 41.8 Å². The minimum absolute atomic E-state index is 0.0163. The highest BCUT2D eigenvalue weighted by Crippen LogP contribution is 2.32. The molecule has 2 aromatic carbocycles. The zero-order valence-corrected chi connectivity index (χ0v) is 18.4. The Morgan fingerprint density at radius 3 is 2.68 bits per heavy atom. The molecule has 0 saturated heterocycles.